The van der Waals surface area contributed by atoms with Crippen LogP contribution in [0.2, 0.25) is 0 Å². The molecule has 0 bridgehead atoms. The van der Waals surface area contributed by atoms with E-state index in [0.29, 0.717) is 25.2 Å². The van der Waals surface area contributed by atoms with Gasteiger partial charge in [-0.1, -0.05) is 32.0 Å². The van der Waals surface area contributed by atoms with Gasteiger partial charge in [0.15, 0.2) is 0 Å². The number of fused-ring (bicyclic) bond motifs is 1. The van der Waals surface area contributed by atoms with Crippen LogP contribution in [0.1, 0.15) is 43.1 Å². The van der Waals surface area contributed by atoms with Crippen LogP contribution in [0.15, 0.2) is 24.3 Å². The third kappa shape index (κ3) is 3.16. The number of nitrogens with one attached hydrogen (secondary N) is 1. The van der Waals surface area contributed by atoms with Gasteiger partial charge in [-0.3, -0.25) is 4.79 Å². The molecule has 1 aliphatic rings. The summed E-state index contributed by atoms with van der Waals surface area (Å²) in [5.41, 5.74) is 2.55. The minimum atomic E-state index is 0.104. The van der Waals surface area contributed by atoms with E-state index in [0.717, 1.165) is 11.1 Å². The van der Waals surface area contributed by atoms with Crippen LogP contribution in [0.5, 0.6) is 0 Å². The van der Waals surface area contributed by atoms with Crippen LogP contribution in [0.3, 0.4) is 0 Å². The molecule has 2 rings (SSSR count). The molecule has 0 atom stereocenters. The zero-order chi connectivity index (χ0) is 12.8. The van der Waals surface area contributed by atoms with E-state index in [9.17, 15) is 4.79 Å². The summed E-state index contributed by atoms with van der Waals surface area (Å²) in [5, 5.41) is 7.35. The number of amides is 1. The molecule has 0 spiro atoms. The van der Waals surface area contributed by atoms with Crippen molar-refractivity contribution < 1.29 is 4.79 Å². The van der Waals surface area contributed by atoms with Crippen molar-refractivity contribution in [2.24, 2.45) is 0 Å². The van der Waals surface area contributed by atoms with Gasteiger partial charge < -0.3 is 10.3 Å². The molecule has 0 fully saturated rings. The second-order valence-corrected chi connectivity index (χ2v) is 3.91. The van der Waals surface area contributed by atoms with Crippen LogP contribution in [0.4, 0.5) is 0 Å². The predicted octanol–water partition coefficient (Wildman–Crippen LogP) is 3.10. The van der Waals surface area contributed by atoms with Gasteiger partial charge in [-0.2, -0.15) is 0 Å². The van der Waals surface area contributed by atoms with Crippen molar-refractivity contribution in [2.45, 2.75) is 33.7 Å². The lowest BCUT2D eigenvalue weighted by Gasteiger charge is -2.14. The van der Waals surface area contributed by atoms with Crippen molar-refractivity contribution in [3.8, 4) is 0 Å². The second-order valence-electron chi connectivity index (χ2n) is 3.91. The van der Waals surface area contributed by atoms with E-state index in [1.54, 1.807) is 6.92 Å². The van der Waals surface area contributed by atoms with Crippen LogP contribution < -0.4 is 0 Å². The summed E-state index contributed by atoms with van der Waals surface area (Å²) < 4.78 is 0. The normalized spacial score (nSPS) is 12.9. The van der Waals surface area contributed by atoms with E-state index in [1.165, 1.54) is 0 Å². The van der Waals surface area contributed by atoms with E-state index in [1.807, 2.05) is 43.0 Å². The van der Waals surface area contributed by atoms with Crippen molar-refractivity contribution in [3.05, 3.63) is 35.4 Å². The molecule has 1 N–H and O–H groups in total. The molecule has 0 radical (unpaired) electrons. The van der Waals surface area contributed by atoms with Crippen LogP contribution in [-0.2, 0) is 6.54 Å². The maximum Gasteiger partial charge on any atom is 0.254 e. The molecule has 17 heavy (non-hydrogen) atoms. The van der Waals surface area contributed by atoms with Crippen molar-refractivity contribution in [3.63, 3.8) is 0 Å². The van der Waals surface area contributed by atoms with Gasteiger partial charge in [0.1, 0.15) is 0 Å². The molecule has 1 aromatic rings. The van der Waals surface area contributed by atoms with E-state index >= 15 is 0 Å². The highest BCUT2D eigenvalue weighted by atomic mass is 16.2. The highest BCUT2D eigenvalue weighted by Crippen LogP contribution is 2.22. The van der Waals surface area contributed by atoms with E-state index in [-0.39, 0.29) is 5.91 Å². The average molecular weight is 232 g/mol. The minimum Gasteiger partial charge on any atom is -0.334 e. The molecule has 3 heteroatoms. The van der Waals surface area contributed by atoms with E-state index < -0.39 is 0 Å². The number of benzene rings is 1. The molecular formula is C14H20N2O. The van der Waals surface area contributed by atoms with Gasteiger partial charge >= 0.3 is 0 Å². The third-order valence-corrected chi connectivity index (χ3v) is 2.65. The Morgan fingerprint density at radius 3 is 2.59 bits per heavy atom. The summed E-state index contributed by atoms with van der Waals surface area (Å²) in [6.07, 6.45) is 0.666. The van der Waals surface area contributed by atoms with Crippen LogP contribution in [0.25, 0.3) is 0 Å². The fraction of sp³-hybridized carbons (Fsp3) is 0.429. The summed E-state index contributed by atoms with van der Waals surface area (Å²) in [5.74, 6) is 0.104. The Balaban J connectivity index is 0.000000686. The molecule has 1 aromatic carbocycles. The number of carbonyl (C=O) groups is 1. The Morgan fingerprint density at radius 1 is 1.35 bits per heavy atom. The van der Waals surface area contributed by atoms with Gasteiger partial charge in [0.2, 0.25) is 0 Å². The summed E-state index contributed by atoms with van der Waals surface area (Å²) >= 11 is 0. The fourth-order valence-electron chi connectivity index (χ4n) is 1.80. The molecule has 0 saturated heterocycles. The van der Waals surface area contributed by atoms with Crippen molar-refractivity contribution in [1.29, 1.82) is 5.41 Å². The highest BCUT2D eigenvalue weighted by molar-refractivity contribution is 5.98. The molecule has 1 amide bonds. The van der Waals surface area contributed by atoms with Crippen molar-refractivity contribution in [2.75, 3.05) is 6.54 Å². The van der Waals surface area contributed by atoms with Gasteiger partial charge in [0.25, 0.3) is 5.91 Å². The Bertz CT molecular complexity index is 412. The van der Waals surface area contributed by atoms with Crippen molar-refractivity contribution in [1.82, 2.24) is 4.90 Å². The SMILES string of the molecule is CC.CC(=N)CCN1Cc2ccccc2C1=O. The molecule has 3 nitrogen and oxygen atoms in total. The zero-order valence-corrected chi connectivity index (χ0v) is 10.8. The molecular weight excluding hydrogens is 212 g/mol. The highest BCUT2D eigenvalue weighted by Gasteiger charge is 2.25. The zero-order valence-electron chi connectivity index (χ0n) is 10.8. The van der Waals surface area contributed by atoms with Gasteiger partial charge in [-0.15, -0.1) is 0 Å². The molecule has 0 aliphatic carbocycles. The Labute approximate surface area is 103 Å². The molecule has 0 unspecified atom stereocenters. The monoisotopic (exact) mass is 232 g/mol. The smallest absolute Gasteiger partial charge is 0.254 e. The first-order valence-electron chi connectivity index (χ1n) is 6.09. The first-order valence-corrected chi connectivity index (χ1v) is 6.09. The topological polar surface area (TPSA) is 44.2 Å². The van der Waals surface area contributed by atoms with E-state index in [2.05, 4.69) is 0 Å². The Morgan fingerprint density at radius 2 is 2.00 bits per heavy atom. The fourth-order valence-corrected chi connectivity index (χ4v) is 1.80. The maximum atomic E-state index is 11.9. The summed E-state index contributed by atoms with van der Waals surface area (Å²) in [4.78, 5) is 13.7. The molecule has 1 aliphatic heterocycles. The second kappa shape index (κ2) is 6.18. The lowest BCUT2D eigenvalue weighted by molar-refractivity contribution is 0.0783. The first-order chi connectivity index (χ1) is 8.18. The summed E-state index contributed by atoms with van der Waals surface area (Å²) in [6.45, 7) is 7.12. The molecule has 0 saturated carbocycles. The van der Waals surface area contributed by atoms with Gasteiger partial charge in [-0.25, -0.2) is 0 Å². The molecule has 1 heterocycles. The number of hydrogen-bond donors (Lipinski definition) is 1. The number of nitrogens with zero attached hydrogens (tertiary/aromatic N) is 1. The standard InChI is InChI=1S/C12H14N2O.C2H6/c1-9(13)6-7-14-8-10-4-2-3-5-11(10)12(14)15;1-2/h2-5,13H,6-8H2,1H3;1-2H3. The maximum absolute atomic E-state index is 11.9. The van der Waals surface area contributed by atoms with E-state index in [4.69, 9.17) is 5.41 Å². The van der Waals surface area contributed by atoms with Crippen LogP contribution in [0, 0.1) is 5.41 Å². The number of hydrogen-bond acceptors (Lipinski definition) is 2. The minimum absolute atomic E-state index is 0.104. The number of carbonyl (C=O) groups excluding carboxylic acids is 1. The first kappa shape index (κ1) is 13.4. The Kier molecular flexibility index (Phi) is 4.88. The number of rotatable bonds is 3. The van der Waals surface area contributed by atoms with Gasteiger partial charge in [-0.05, 0) is 18.6 Å². The molecule has 92 valence electrons. The third-order valence-electron chi connectivity index (χ3n) is 2.65. The van der Waals surface area contributed by atoms with Gasteiger partial charge in [0, 0.05) is 30.8 Å². The predicted molar refractivity (Wildman–Crippen MR) is 70.5 cm³/mol. The lowest BCUT2D eigenvalue weighted by Crippen LogP contribution is -2.26. The van der Waals surface area contributed by atoms with Crippen LogP contribution >= 0.6 is 0 Å². The van der Waals surface area contributed by atoms with Crippen LogP contribution in [-0.4, -0.2) is 23.1 Å². The lowest BCUT2D eigenvalue weighted by atomic mass is 10.1. The average Bonchev–Trinajstić information content (AvgIpc) is 2.67. The molecule has 0 aromatic heterocycles. The van der Waals surface area contributed by atoms with Gasteiger partial charge in [0.05, 0.1) is 0 Å². The Hall–Kier alpha value is -1.64. The summed E-state index contributed by atoms with van der Waals surface area (Å²) in [6, 6.07) is 7.71. The quantitative estimate of drug-likeness (QED) is 0.800. The summed E-state index contributed by atoms with van der Waals surface area (Å²) in [7, 11) is 0. The largest absolute Gasteiger partial charge is 0.334 e. The van der Waals surface area contributed by atoms with Crippen molar-refractivity contribution >= 4 is 11.6 Å².